The molecule has 0 amide bonds. The van der Waals surface area contributed by atoms with Gasteiger partial charge in [0.05, 0.1) is 0 Å². The van der Waals surface area contributed by atoms with Crippen LogP contribution in [0.4, 0.5) is 0 Å². The number of hydrogen-bond donors (Lipinski definition) is 1. The number of carbonyl (C=O) groups is 1. The first-order chi connectivity index (χ1) is 8.02. The van der Waals surface area contributed by atoms with Crippen molar-refractivity contribution in [3.63, 3.8) is 0 Å². The Balaban J connectivity index is 2.54. The minimum atomic E-state index is -0.636. The van der Waals surface area contributed by atoms with Gasteiger partial charge in [-0.25, -0.2) is 0 Å². The molecule has 0 saturated heterocycles. The van der Waals surface area contributed by atoms with Crippen LogP contribution in [0, 0.1) is 11.8 Å². The number of hydrogen-bond acceptors (Lipinski definition) is 2. The summed E-state index contributed by atoms with van der Waals surface area (Å²) < 4.78 is 0. The van der Waals surface area contributed by atoms with Crippen molar-refractivity contribution in [2.45, 2.75) is 58.4 Å². The Morgan fingerprint density at radius 3 is 2.35 bits per heavy atom. The Kier molecular flexibility index (Phi) is 5.96. The summed E-state index contributed by atoms with van der Waals surface area (Å²) in [7, 11) is 1.97. The summed E-state index contributed by atoms with van der Waals surface area (Å²) in [5, 5.41) is 9.42. The van der Waals surface area contributed by atoms with Crippen molar-refractivity contribution in [1.29, 1.82) is 0 Å². The SMILES string of the molecule is CC(C)CCN(C)C(C(=O)O)C1CCCCC1. The highest BCUT2D eigenvalue weighted by atomic mass is 16.4. The summed E-state index contributed by atoms with van der Waals surface area (Å²) in [4.78, 5) is 13.5. The van der Waals surface area contributed by atoms with Crippen LogP contribution in [-0.4, -0.2) is 35.6 Å². The molecule has 0 aliphatic heterocycles. The lowest BCUT2D eigenvalue weighted by Crippen LogP contribution is -2.45. The Hall–Kier alpha value is -0.570. The third-order valence-electron chi connectivity index (χ3n) is 3.88. The highest BCUT2D eigenvalue weighted by Gasteiger charge is 2.32. The van der Waals surface area contributed by atoms with Crippen LogP contribution in [0.1, 0.15) is 52.4 Å². The van der Waals surface area contributed by atoms with Crippen LogP contribution in [0.3, 0.4) is 0 Å². The first kappa shape index (κ1) is 14.5. The van der Waals surface area contributed by atoms with E-state index in [1.54, 1.807) is 0 Å². The standard InChI is InChI=1S/C14H27NO2/c1-11(2)9-10-15(3)13(14(16)17)12-7-5-4-6-8-12/h11-13H,4-10H2,1-3H3,(H,16,17). The molecule has 1 aliphatic carbocycles. The molecule has 1 atom stereocenters. The van der Waals surface area contributed by atoms with Gasteiger partial charge in [-0.1, -0.05) is 33.1 Å². The van der Waals surface area contributed by atoms with Crippen molar-refractivity contribution in [3.05, 3.63) is 0 Å². The van der Waals surface area contributed by atoms with Gasteiger partial charge in [-0.2, -0.15) is 0 Å². The zero-order valence-corrected chi connectivity index (χ0v) is 11.5. The quantitative estimate of drug-likeness (QED) is 0.777. The van der Waals surface area contributed by atoms with Gasteiger partial charge < -0.3 is 5.11 Å². The molecule has 100 valence electrons. The molecular formula is C14H27NO2. The molecule has 0 aromatic rings. The summed E-state index contributed by atoms with van der Waals surface area (Å²) in [5.74, 6) is 0.361. The monoisotopic (exact) mass is 241 g/mol. The van der Waals surface area contributed by atoms with Crippen molar-refractivity contribution in [1.82, 2.24) is 4.90 Å². The lowest BCUT2D eigenvalue weighted by atomic mass is 9.83. The molecule has 1 rings (SSSR count). The van der Waals surface area contributed by atoms with E-state index in [1.807, 2.05) is 7.05 Å². The molecule has 1 aliphatic rings. The van der Waals surface area contributed by atoms with Gasteiger partial charge in [0.15, 0.2) is 0 Å². The third kappa shape index (κ3) is 4.66. The lowest BCUT2D eigenvalue weighted by molar-refractivity contribution is -0.145. The van der Waals surface area contributed by atoms with E-state index >= 15 is 0 Å². The molecule has 17 heavy (non-hydrogen) atoms. The second-order valence-corrected chi connectivity index (χ2v) is 5.84. The van der Waals surface area contributed by atoms with Crippen LogP contribution in [-0.2, 0) is 4.79 Å². The molecule has 0 bridgehead atoms. The fourth-order valence-electron chi connectivity index (χ4n) is 2.80. The summed E-state index contributed by atoms with van der Waals surface area (Å²) in [6.45, 7) is 5.26. The first-order valence-electron chi connectivity index (χ1n) is 6.95. The number of carboxylic acids is 1. The molecule has 1 saturated carbocycles. The van der Waals surface area contributed by atoms with Gasteiger partial charge >= 0.3 is 5.97 Å². The van der Waals surface area contributed by atoms with Crippen molar-refractivity contribution < 1.29 is 9.90 Å². The number of carboxylic acid groups (broad SMARTS) is 1. The lowest BCUT2D eigenvalue weighted by Gasteiger charge is -2.34. The topological polar surface area (TPSA) is 40.5 Å². The molecular weight excluding hydrogens is 214 g/mol. The van der Waals surface area contributed by atoms with E-state index in [-0.39, 0.29) is 6.04 Å². The van der Waals surface area contributed by atoms with Gasteiger partial charge in [0, 0.05) is 0 Å². The number of rotatable bonds is 6. The number of aliphatic carboxylic acids is 1. The summed E-state index contributed by atoms with van der Waals surface area (Å²) >= 11 is 0. The Morgan fingerprint density at radius 1 is 1.29 bits per heavy atom. The molecule has 0 radical (unpaired) electrons. The maximum Gasteiger partial charge on any atom is 0.321 e. The van der Waals surface area contributed by atoms with Gasteiger partial charge in [0.25, 0.3) is 0 Å². The second-order valence-electron chi connectivity index (χ2n) is 5.84. The van der Waals surface area contributed by atoms with Gasteiger partial charge in [0.1, 0.15) is 6.04 Å². The smallest absolute Gasteiger partial charge is 0.321 e. The van der Waals surface area contributed by atoms with Gasteiger partial charge in [0.2, 0.25) is 0 Å². The van der Waals surface area contributed by atoms with Gasteiger partial charge in [-0.15, -0.1) is 0 Å². The van der Waals surface area contributed by atoms with Crippen LogP contribution in [0.2, 0.25) is 0 Å². The fourth-order valence-corrected chi connectivity index (χ4v) is 2.80. The molecule has 0 aromatic carbocycles. The van der Waals surface area contributed by atoms with E-state index < -0.39 is 5.97 Å². The predicted molar refractivity (Wildman–Crippen MR) is 70.1 cm³/mol. The predicted octanol–water partition coefficient (Wildman–Crippen LogP) is 3.00. The Bertz CT molecular complexity index is 234. The summed E-state index contributed by atoms with van der Waals surface area (Å²) in [6, 6.07) is -0.269. The van der Waals surface area contributed by atoms with Crippen LogP contribution < -0.4 is 0 Å². The summed E-state index contributed by atoms with van der Waals surface area (Å²) in [5.41, 5.74) is 0. The summed E-state index contributed by atoms with van der Waals surface area (Å²) in [6.07, 6.45) is 6.93. The molecule has 0 spiro atoms. The molecule has 1 N–H and O–H groups in total. The largest absolute Gasteiger partial charge is 0.480 e. The van der Waals surface area contributed by atoms with Crippen molar-refractivity contribution in [2.24, 2.45) is 11.8 Å². The maximum atomic E-state index is 11.4. The van der Waals surface area contributed by atoms with Gasteiger partial charge in [-0.3, -0.25) is 9.69 Å². The number of nitrogens with zero attached hydrogens (tertiary/aromatic N) is 1. The Labute approximate surface area is 105 Å². The number of likely N-dealkylation sites (N-methyl/N-ethyl adjacent to an activating group) is 1. The third-order valence-corrected chi connectivity index (χ3v) is 3.88. The Morgan fingerprint density at radius 2 is 1.88 bits per heavy atom. The average Bonchev–Trinajstić information content (AvgIpc) is 2.27. The van der Waals surface area contributed by atoms with Crippen molar-refractivity contribution >= 4 is 5.97 Å². The van der Waals surface area contributed by atoms with Gasteiger partial charge in [-0.05, 0) is 44.7 Å². The first-order valence-corrected chi connectivity index (χ1v) is 6.95. The molecule has 3 heteroatoms. The fraction of sp³-hybridized carbons (Fsp3) is 0.929. The molecule has 0 aromatic heterocycles. The maximum absolute atomic E-state index is 11.4. The minimum absolute atomic E-state index is 0.269. The zero-order chi connectivity index (χ0) is 12.8. The van der Waals surface area contributed by atoms with E-state index in [9.17, 15) is 9.90 Å². The highest BCUT2D eigenvalue weighted by Crippen LogP contribution is 2.29. The highest BCUT2D eigenvalue weighted by molar-refractivity contribution is 5.73. The second kappa shape index (κ2) is 7.00. The molecule has 3 nitrogen and oxygen atoms in total. The van der Waals surface area contributed by atoms with E-state index in [1.165, 1.54) is 19.3 Å². The van der Waals surface area contributed by atoms with Crippen LogP contribution in [0.25, 0.3) is 0 Å². The van der Waals surface area contributed by atoms with E-state index in [2.05, 4.69) is 18.7 Å². The molecule has 1 fully saturated rings. The minimum Gasteiger partial charge on any atom is -0.480 e. The van der Waals surface area contributed by atoms with Crippen LogP contribution >= 0.6 is 0 Å². The van der Waals surface area contributed by atoms with Crippen molar-refractivity contribution in [2.75, 3.05) is 13.6 Å². The molecule has 1 unspecified atom stereocenters. The van der Waals surface area contributed by atoms with Crippen LogP contribution in [0.15, 0.2) is 0 Å². The van der Waals surface area contributed by atoms with Crippen molar-refractivity contribution in [3.8, 4) is 0 Å². The zero-order valence-electron chi connectivity index (χ0n) is 11.5. The van der Waals surface area contributed by atoms with E-state index in [0.717, 1.165) is 25.8 Å². The molecule has 0 heterocycles. The van der Waals surface area contributed by atoms with Crippen LogP contribution in [0.5, 0.6) is 0 Å². The normalized spacial score (nSPS) is 19.8. The van der Waals surface area contributed by atoms with E-state index in [0.29, 0.717) is 11.8 Å². The van der Waals surface area contributed by atoms with E-state index in [4.69, 9.17) is 0 Å². The average molecular weight is 241 g/mol.